The fourth-order valence-electron chi connectivity index (χ4n) is 2.06. The standard InChI is InChI=1S/C15H14BrF2N/c1-19-14(9-10-4-2-5-11(16)8-10)12-6-3-7-13(17)15(12)18/h2-8,14,19H,9H2,1H3. The highest BCUT2D eigenvalue weighted by Crippen LogP contribution is 2.23. The second-order valence-electron chi connectivity index (χ2n) is 4.32. The molecule has 1 unspecified atom stereocenters. The molecule has 0 heterocycles. The Morgan fingerprint density at radius 1 is 1.16 bits per heavy atom. The van der Waals surface area contributed by atoms with Crippen molar-refractivity contribution in [2.75, 3.05) is 7.05 Å². The Balaban J connectivity index is 2.28. The van der Waals surface area contributed by atoms with Gasteiger partial charge < -0.3 is 5.32 Å². The van der Waals surface area contributed by atoms with Crippen molar-refractivity contribution >= 4 is 15.9 Å². The predicted octanol–water partition coefficient (Wildman–Crippen LogP) is 4.23. The maximum absolute atomic E-state index is 13.8. The van der Waals surface area contributed by atoms with E-state index in [0.717, 1.165) is 16.1 Å². The zero-order chi connectivity index (χ0) is 13.8. The van der Waals surface area contributed by atoms with Gasteiger partial charge in [0.15, 0.2) is 11.6 Å². The van der Waals surface area contributed by atoms with Crippen molar-refractivity contribution in [1.29, 1.82) is 0 Å². The van der Waals surface area contributed by atoms with Crippen molar-refractivity contribution in [3.8, 4) is 0 Å². The molecular weight excluding hydrogens is 312 g/mol. The van der Waals surface area contributed by atoms with E-state index in [9.17, 15) is 8.78 Å². The number of rotatable bonds is 4. The van der Waals surface area contributed by atoms with E-state index in [1.165, 1.54) is 6.07 Å². The summed E-state index contributed by atoms with van der Waals surface area (Å²) in [6, 6.07) is 11.8. The molecule has 0 aliphatic carbocycles. The first kappa shape index (κ1) is 14.2. The maximum Gasteiger partial charge on any atom is 0.163 e. The van der Waals surface area contributed by atoms with E-state index in [1.54, 1.807) is 13.1 Å². The molecule has 1 N–H and O–H groups in total. The van der Waals surface area contributed by atoms with Gasteiger partial charge in [-0.15, -0.1) is 0 Å². The molecule has 0 spiro atoms. The summed E-state index contributed by atoms with van der Waals surface area (Å²) in [4.78, 5) is 0. The van der Waals surface area contributed by atoms with Crippen molar-refractivity contribution in [2.45, 2.75) is 12.5 Å². The predicted molar refractivity (Wildman–Crippen MR) is 76.0 cm³/mol. The molecule has 0 aliphatic heterocycles. The molecule has 1 nitrogen and oxygen atoms in total. The molecule has 0 saturated heterocycles. The smallest absolute Gasteiger partial charge is 0.163 e. The highest BCUT2D eigenvalue weighted by Gasteiger charge is 2.17. The Bertz CT molecular complexity index is 572. The van der Waals surface area contributed by atoms with Crippen molar-refractivity contribution < 1.29 is 8.78 Å². The van der Waals surface area contributed by atoms with Gasteiger partial charge in [0.1, 0.15) is 0 Å². The molecule has 4 heteroatoms. The summed E-state index contributed by atoms with van der Waals surface area (Å²) in [5.74, 6) is -1.59. The van der Waals surface area contributed by atoms with Gasteiger partial charge in [0.25, 0.3) is 0 Å². The van der Waals surface area contributed by atoms with Crippen LogP contribution < -0.4 is 5.32 Å². The lowest BCUT2D eigenvalue weighted by Crippen LogP contribution is -2.20. The van der Waals surface area contributed by atoms with Crippen LogP contribution in [0.15, 0.2) is 46.9 Å². The second kappa shape index (κ2) is 6.26. The molecule has 100 valence electrons. The Hall–Kier alpha value is -1.26. The van der Waals surface area contributed by atoms with Crippen LogP contribution in [0.4, 0.5) is 8.78 Å². The molecular formula is C15H14BrF2N. The molecule has 0 aliphatic rings. The first-order valence-electron chi connectivity index (χ1n) is 5.97. The molecule has 1 atom stereocenters. The number of hydrogen-bond donors (Lipinski definition) is 1. The highest BCUT2D eigenvalue weighted by atomic mass is 79.9. The van der Waals surface area contributed by atoms with Crippen molar-refractivity contribution in [3.05, 3.63) is 69.7 Å². The molecule has 0 radical (unpaired) electrons. The van der Waals surface area contributed by atoms with Crippen LogP contribution in [0.25, 0.3) is 0 Å². The van der Waals surface area contributed by atoms with E-state index >= 15 is 0 Å². The molecule has 0 bridgehead atoms. The van der Waals surface area contributed by atoms with Gasteiger partial charge in [-0.25, -0.2) is 8.78 Å². The third-order valence-electron chi connectivity index (χ3n) is 3.03. The van der Waals surface area contributed by atoms with Gasteiger partial charge in [0.05, 0.1) is 0 Å². The average Bonchev–Trinajstić information content (AvgIpc) is 2.40. The van der Waals surface area contributed by atoms with Crippen LogP contribution >= 0.6 is 15.9 Å². The molecule has 0 saturated carbocycles. The van der Waals surface area contributed by atoms with Crippen LogP contribution in [-0.2, 0) is 6.42 Å². The normalized spacial score (nSPS) is 12.4. The van der Waals surface area contributed by atoms with Gasteiger partial charge in [-0.1, -0.05) is 40.2 Å². The van der Waals surface area contributed by atoms with Crippen LogP contribution in [0.5, 0.6) is 0 Å². The Morgan fingerprint density at radius 2 is 1.89 bits per heavy atom. The number of halogens is 3. The Labute approximate surface area is 119 Å². The van der Waals surface area contributed by atoms with Gasteiger partial charge in [0, 0.05) is 16.1 Å². The van der Waals surface area contributed by atoms with Gasteiger partial charge in [-0.3, -0.25) is 0 Å². The van der Waals surface area contributed by atoms with Gasteiger partial charge in [0.2, 0.25) is 0 Å². The zero-order valence-corrected chi connectivity index (χ0v) is 12.0. The molecule has 0 aromatic heterocycles. The van der Waals surface area contributed by atoms with Crippen molar-refractivity contribution in [3.63, 3.8) is 0 Å². The molecule has 2 rings (SSSR count). The molecule has 2 aromatic carbocycles. The maximum atomic E-state index is 13.8. The van der Waals surface area contributed by atoms with Crippen LogP contribution in [0.1, 0.15) is 17.2 Å². The fourth-order valence-corrected chi connectivity index (χ4v) is 2.50. The van der Waals surface area contributed by atoms with Crippen LogP contribution in [0.3, 0.4) is 0 Å². The van der Waals surface area contributed by atoms with E-state index in [-0.39, 0.29) is 6.04 Å². The summed E-state index contributed by atoms with van der Waals surface area (Å²) in [6.07, 6.45) is 0.594. The quantitative estimate of drug-likeness (QED) is 0.887. The van der Waals surface area contributed by atoms with Gasteiger partial charge in [-0.2, -0.15) is 0 Å². The number of nitrogens with one attached hydrogen (secondary N) is 1. The number of likely N-dealkylation sites (N-methyl/N-ethyl adjacent to an activating group) is 1. The molecule has 19 heavy (non-hydrogen) atoms. The average molecular weight is 326 g/mol. The van der Waals surface area contributed by atoms with Crippen molar-refractivity contribution in [1.82, 2.24) is 5.32 Å². The van der Waals surface area contributed by atoms with E-state index < -0.39 is 11.6 Å². The first-order valence-corrected chi connectivity index (χ1v) is 6.76. The van der Waals surface area contributed by atoms with Crippen LogP contribution in [0.2, 0.25) is 0 Å². The minimum Gasteiger partial charge on any atom is -0.313 e. The van der Waals surface area contributed by atoms with E-state index in [4.69, 9.17) is 0 Å². The topological polar surface area (TPSA) is 12.0 Å². The van der Waals surface area contributed by atoms with Crippen molar-refractivity contribution in [2.24, 2.45) is 0 Å². The highest BCUT2D eigenvalue weighted by molar-refractivity contribution is 9.10. The minimum absolute atomic E-state index is 0.259. The first-order chi connectivity index (χ1) is 9.11. The third-order valence-corrected chi connectivity index (χ3v) is 3.53. The van der Waals surface area contributed by atoms with Crippen LogP contribution in [0, 0.1) is 11.6 Å². The summed E-state index contributed by atoms with van der Waals surface area (Å²) in [5.41, 5.74) is 1.40. The number of hydrogen-bond acceptors (Lipinski definition) is 1. The SMILES string of the molecule is CNC(Cc1cccc(Br)c1)c1cccc(F)c1F. The fraction of sp³-hybridized carbons (Fsp3) is 0.200. The summed E-state index contributed by atoms with van der Waals surface area (Å²) in [6.45, 7) is 0. The van der Waals surface area contributed by atoms with E-state index in [1.807, 2.05) is 24.3 Å². The largest absolute Gasteiger partial charge is 0.313 e. The Morgan fingerprint density at radius 3 is 2.58 bits per heavy atom. The van der Waals surface area contributed by atoms with Crippen LogP contribution in [-0.4, -0.2) is 7.05 Å². The third kappa shape index (κ3) is 3.39. The summed E-state index contributed by atoms with van der Waals surface area (Å²) >= 11 is 3.40. The van der Waals surface area contributed by atoms with Gasteiger partial charge >= 0.3 is 0 Å². The zero-order valence-electron chi connectivity index (χ0n) is 10.5. The van der Waals surface area contributed by atoms with Gasteiger partial charge in [-0.05, 0) is 37.2 Å². The second-order valence-corrected chi connectivity index (χ2v) is 5.23. The van der Waals surface area contributed by atoms with E-state index in [2.05, 4.69) is 21.2 Å². The lowest BCUT2D eigenvalue weighted by atomic mass is 9.98. The number of benzene rings is 2. The minimum atomic E-state index is -0.813. The summed E-state index contributed by atoms with van der Waals surface area (Å²) < 4.78 is 28.0. The molecule has 0 amide bonds. The summed E-state index contributed by atoms with van der Waals surface area (Å²) in [5, 5.41) is 3.03. The lowest BCUT2D eigenvalue weighted by Gasteiger charge is -2.18. The summed E-state index contributed by atoms with van der Waals surface area (Å²) in [7, 11) is 1.74. The Kier molecular flexibility index (Phi) is 4.66. The van der Waals surface area contributed by atoms with E-state index in [0.29, 0.717) is 12.0 Å². The molecule has 0 fully saturated rings. The molecule has 2 aromatic rings. The monoisotopic (exact) mass is 325 g/mol. The lowest BCUT2D eigenvalue weighted by molar-refractivity contribution is 0.473.